The predicted octanol–water partition coefficient (Wildman–Crippen LogP) is 1.94. The van der Waals surface area contributed by atoms with Crippen molar-refractivity contribution in [3.63, 3.8) is 0 Å². The first-order valence-corrected chi connectivity index (χ1v) is 5.28. The molecule has 0 aromatic heterocycles. The van der Waals surface area contributed by atoms with E-state index < -0.39 is 0 Å². The molecule has 2 nitrogen and oxygen atoms in total. The summed E-state index contributed by atoms with van der Waals surface area (Å²) in [4.78, 5) is 13.3. The van der Waals surface area contributed by atoms with E-state index in [-0.39, 0.29) is 5.41 Å². The van der Waals surface area contributed by atoms with Crippen molar-refractivity contribution < 1.29 is 4.79 Å². The molecule has 13 heavy (non-hydrogen) atoms. The monoisotopic (exact) mass is 183 g/mol. The molecule has 0 aliphatic carbocycles. The maximum Gasteiger partial charge on any atom is 0.127 e. The Morgan fingerprint density at radius 2 is 2.31 bits per heavy atom. The second-order valence-corrected chi connectivity index (χ2v) is 4.75. The first kappa shape index (κ1) is 10.7. The van der Waals surface area contributed by atoms with E-state index in [2.05, 4.69) is 25.7 Å². The molecule has 0 aromatic carbocycles. The van der Waals surface area contributed by atoms with Crippen LogP contribution in [0.5, 0.6) is 0 Å². The highest BCUT2D eigenvalue weighted by Crippen LogP contribution is 2.23. The average Bonchev–Trinajstić information content (AvgIpc) is 2.51. The second kappa shape index (κ2) is 4.23. The van der Waals surface area contributed by atoms with Crippen molar-refractivity contribution in [3.8, 4) is 0 Å². The molecule has 0 N–H and O–H groups in total. The van der Waals surface area contributed by atoms with E-state index in [1.165, 1.54) is 19.5 Å². The van der Waals surface area contributed by atoms with Crippen molar-refractivity contribution >= 4 is 6.29 Å². The van der Waals surface area contributed by atoms with Crippen LogP contribution in [-0.4, -0.2) is 30.8 Å². The molecule has 1 rings (SSSR count). The quantitative estimate of drug-likeness (QED) is 0.621. The summed E-state index contributed by atoms with van der Waals surface area (Å²) in [6.07, 6.45) is 3.36. The van der Waals surface area contributed by atoms with Crippen LogP contribution in [0.1, 0.15) is 33.6 Å². The van der Waals surface area contributed by atoms with Gasteiger partial charge in [0.05, 0.1) is 0 Å². The fourth-order valence-electron chi connectivity index (χ4n) is 1.91. The van der Waals surface area contributed by atoms with Gasteiger partial charge >= 0.3 is 0 Å². The molecule has 0 amide bonds. The van der Waals surface area contributed by atoms with E-state index in [9.17, 15) is 4.79 Å². The van der Waals surface area contributed by atoms with Crippen LogP contribution < -0.4 is 0 Å². The second-order valence-electron chi connectivity index (χ2n) is 4.75. The Bertz CT molecular complexity index is 181. The van der Waals surface area contributed by atoms with Gasteiger partial charge < -0.3 is 9.69 Å². The molecule has 0 bridgehead atoms. The summed E-state index contributed by atoms with van der Waals surface area (Å²) in [5, 5.41) is 0. The summed E-state index contributed by atoms with van der Waals surface area (Å²) in [7, 11) is 0. The lowest BCUT2D eigenvalue weighted by molar-refractivity contribution is -0.116. The zero-order chi connectivity index (χ0) is 9.90. The van der Waals surface area contributed by atoms with Crippen LogP contribution in [0.15, 0.2) is 0 Å². The highest BCUT2D eigenvalue weighted by molar-refractivity contribution is 5.58. The number of nitrogens with zero attached hydrogens (tertiary/aromatic N) is 1. The molecular weight excluding hydrogens is 162 g/mol. The Morgan fingerprint density at radius 1 is 1.62 bits per heavy atom. The Kier molecular flexibility index (Phi) is 3.48. The molecule has 1 heterocycles. The normalized spacial score (nSPS) is 28.7. The van der Waals surface area contributed by atoms with Gasteiger partial charge in [-0.2, -0.15) is 0 Å². The fraction of sp³-hybridized carbons (Fsp3) is 0.909. The van der Waals surface area contributed by atoms with Gasteiger partial charge in [0.15, 0.2) is 0 Å². The van der Waals surface area contributed by atoms with E-state index in [0.717, 1.165) is 25.2 Å². The molecule has 76 valence electrons. The van der Waals surface area contributed by atoms with Gasteiger partial charge in [-0.25, -0.2) is 0 Å². The van der Waals surface area contributed by atoms with Crippen molar-refractivity contribution in [2.45, 2.75) is 33.6 Å². The van der Waals surface area contributed by atoms with Crippen molar-refractivity contribution in [1.29, 1.82) is 0 Å². The SMILES string of the molecule is CCC(C)(C=O)CN1CCC(C)C1. The molecule has 1 fully saturated rings. The lowest BCUT2D eigenvalue weighted by Crippen LogP contribution is -2.35. The standard InChI is InChI=1S/C11H21NO/c1-4-11(3,9-13)8-12-6-5-10(2)7-12/h9-10H,4-8H2,1-3H3. The van der Waals surface area contributed by atoms with Crippen LogP contribution in [0, 0.1) is 11.3 Å². The van der Waals surface area contributed by atoms with Gasteiger partial charge in [-0.1, -0.05) is 20.8 Å². The number of carbonyl (C=O) groups is 1. The lowest BCUT2D eigenvalue weighted by Gasteiger charge is -2.27. The van der Waals surface area contributed by atoms with Crippen molar-refractivity contribution in [3.05, 3.63) is 0 Å². The maximum atomic E-state index is 10.9. The first-order valence-electron chi connectivity index (χ1n) is 5.28. The zero-order valence-corrected chi connectivity index (χ0v) is 9.05. The van der Waals surface area contributed by atoms with Crippen LogP contribution in [-0.2, 0) is 4.79 Å². The number of rotatable bonds is 4. The minimum Gasteiger partial charge on any atom is -0.303 e. The third-order valence-electron chi connectivity index (χ3n) is 3.19. The molecule has 1 aliphatic heterocycles. The molecule has 1 aliphatic rings. The van der Waals surface area contributed by atoms with Gasteiger partial charge in [-0.05, 0) is 25.3 Å². The Morgan fingerprint density at radius 3 is 2.69 bits per heavy atom. The van der Waals surface area contributed by atoms with Crippen LogP contribution in [0.3, 0.4) is 0 Å². The molecule has 0 radical (unpaired) electrons. The fourth-order valence-corrected chi connectivity index (χ4v) is 1.91. The summed E-state index contributed by atoms with van der Waals surface area (Å²) in [5.41, 5.74) is -0.121. The van der Waals surface area contributed by atoms with Crippen molar-refractivity contribution in [1.82, 2.24) is 4.90 Å². The van der Waals surface area contributed by atoms with Crippen LogP contribution in [0.25, 0.3) is 0 Å². The Balaban J connectivity index is 2.43. The van der Waals surface area contributed by atoms with Crippen LogP contribution in [0.2, 0.25) is 0 Å². The van der Waals surface area contributed by atoms with E-state index in [0.29, 0.717) is 0 Å². The predicted molar refractivity (Wildman–Crippen MR) is 54.7 cm³/mol. The zero-order valence-electron chi connectivity index (χ0n) is 9.05. The summed E-state index contributed by atoms with van der Waals surface area (Å²) in [6, 6.07) is 0. The number of aldehydes is 1. The summed E-state index contributed by atoms with van der Waals surface area (Å²) in [6.45, 7) is 9.71. The number of hydrogen-bond acceptors (Lipinski definition) is 2. The van der Waals surface area contributed by atoms with Gasteiger partial charge in [0, 0.05) is 18.5 Å². The van der Waals surface area contributed by atoms with Gasteiger partial charge in [0.1, 0.15) is 6.29 Å². The van der Waals surface area contributed by atoms with E-state index in [1.54, 1.807) is 0 Å². The Labute approximate surface area is 81.3 Å². The van der Waals surface area contributed by atoms with Crippen LogP contribution in [0.4, 0.5) is 0 Å². The minimum atomic E-state index is -0.121. The maximum absolute atomic E-state index is 10.9. The smallest absolute Gasteiger partial charge is 0.127 e. The molecule has 2 heteroatoms. The van der Waals surface area contributed by atoms with Gasteiger partial charge in [-0.15, -0.1) is 0 Å². The van der Waals surface area contributed by atoms with Crippen molar-refractivity contribution in [2.24, 2.45) is 11.3 Å². The van der Waals surface area contributed by atoms with E-state index in [4.69, 9.17) is 0 Å². The largest absolute Gasteiger partial charge is 0.303 e. The molecule has 2 atom stereocenters. The first-order chi connectivity index (χ1) is 6.09. The Hall–Kier alpha value is -0.370. The molecular formula is C11H21NO. The lowest BCUT2D eigenvalue weighted by atomic mass is 9.89. The van der Waals surface area contributed by atoms with E-state index >= 15 is 0 Å². The number of carbonyl (C=O) groups excluding carboxylic acids is 1. The number of likely N-dealkylation sites (tertiary alicyclic amines) is 1. The molecule has 0 spiro atoms. The minimum absolute atomic E-state index is 0.121. The van der Waals surface area contributed by atoms with Gasteiger partial charge in [-0.3, -0.25) is 0 Å². The summed E-state index contributed by atoms with van der Waals surface area (Å²) >= 11 is 0. The van der Waals surface area contributed by atoms with Gasteiger partial charge in [0.2, 0.25) is 0 Å². The summed E-state index contributed by atoms with van der Waals surface area (Å²) in [5.74, 6) is 0.813. The van der Waals surface area contributed by atoms with E-state index in [1.807, 2.05) is 0 Å². The third kappa shape index (κ3) is 2.80. The van der Waals surface area contributed by atoms with Crippen LogP contribution >= 0.6 is 0 Å². The highest BCUT2D eigenvalue weighted by atomic mass is 16.1. The molecule has 0 saturated carbocycles. The molecule has 1 saturated heterocycles. The molecule has 0 aromatic rings. The summed E-state index contributed by atoms with van der Waals surface area (Å²) < 4.78 is 0. The van der Waals surface area contributed by atoms with Gasteiger partial charge in [0.25, 0.3) is 0 Å². The molecule has 2 unspecified atom stereocenters. The average molecular weight is 183 g/mol. The number of hydrogen-bond donors (Lipinski definition) is 0. The third-order valence-corrected chi connectivity index (χ3v) is 3.19. The highest BCUT2D eigenvalue weighted by Gasteiger charge is 2.28. The topological polar surface area (TPSA) is 20.3 Å². The van der Waals surface area contributed by atoms with Crippen molar-refractivity contribution in [2.75, 3.05) is 19.6 Å².